The van der Waals surface area contributed by atoms with E-state index in [4.69, 9.17) is 0 Å². The summed E-state index contributed by atoms with van der Waals surface area (Å²) in [4.78, 5) is 31.1. The molecule has 4 rings (SSSR count). The summed E-state index contributed by atoms with van der Waals surface area (Å²) >= 11 is 1.65. The molecule has 0 spiro atoms. The summed E-state index contributed by atoms with van der Waals surface area (Å²) in [5, 5.41) is 2.02. The van der Waals surface area contributed by atoms with Gasteiger partial charge in [-0.15, -0.1) is 11.3 Å². The number of thiophene rings is 1. The van der Waals surface area contributed by atoms with Crippen molar-refractivity contribution in [3.05, 3.63) is 94.2 Å². The second-order valence-corrected chi connectivity index (χ2v) is 8.38. The van der Waals surface area contributed by atoms with Gasteiger partial charge in [-0.05, 0) is 42.0 Å². The molecule has 5 heteroatoms. The molecule has 0 aliphatic heterocycles. The molecule has 1 aromatic heterocycles. The average Bonchev–Trinajstić information content (AvgIpc) is 3.48. The van der Waals surface area contributed by atoms with Crippen molar-refractivity contribution in [2.45, 2.75) is 32.0 Å². The zero-order valence-electron chi connectivity index (χ0n) is 16.2. The molecule has 1 aliphatic carbocycles. The number of benzene rings is 2. The molecule has 0 atom stereocenters. The van der Waals surface area contributed by atoms with Gasteiger partial charge >= 0.3 is 0 Å². The van der Waals surface area contributed by atoms with Gasteiger partial charge in [-0.25, -0.2) is 0 Å². The first kappa shape index (κ1) is 19.4. The summed E-state index contributed by atoms with van der Waals surface area (Å²) in [5.74, 6) is -0.0735. The highest BCUT2D eigenvalue weighted by atomic mass is 32.1. The SMILES string of the molecule is O=C(CN(C(=O)c1ccccc1)C1CC1)N(Cc1ccccc1)Cc1cccs1. The van der Waals surface area contributed by atoms with Crippen molar-refractivity contribution in [3.8, 4) is 0 Å². The Labute approximate surface area is 175 Å². The van der Waals surface area contributed by atoms with Gasteiger partial charge in [0.2, 0.25) is 5.91 Å². The van der Waals surface area contributed by atoms with Crippen LogP contribution in [0.3, 0.4) is 0 Å². The van der Waals surface area contributed by atoms with E-state index in [-0.39, 0.29) is 24.4 Å². The molecule has 0 N–H and O–H groups in total. The summed E-state index contributed by atoms with van der Waals surface area (Å²) in [5.41, 5.74) is 1.73. The summed E-state index contributed by atoms with van der Waals surface area (Å²) in [6.07, 6.45) is 1.94. The van der Waals surface area contributed by atoms with Gasteiger partial charge < -0.3 is 9.80 Å². The maximum absolute atomic E-state index is 13.3. The highest BCUT2D eigenvalue weighted by Gasteiger charge is 2.35. The van der Waals surface area contributed by atoms with E-state index in [1.807, 2.05) is 83.1 Å². The normalized spacial score (nSPS) is 13.1. The number of nitrogens with zero attached hydrogens (tertiary/aromatic N) is 2. The molecule has 0 bridgehead atoms. The number of hydrogen-bond donors (Lipinski definition) is 0. The number of carbonyl (C=O) groups excluding carboxylic acids is 2. The molecule has 2 aromatic carbocycles. The van der Waals surface area contributed by atoms with Gasteiger partial charge in [0.05, 0.1) is 6.54 Å². The minimum atomic E-state index is -0.0581. The summed E-state index contributed by atoms with van der Waals surface area (Å²) in [7, 11) is 0. The maximum atomic E-state index is 13.3. The van der Waals surface area contributed by atoms with Crippen LogP contribution in [0.1, 0.15) is 33.6 Å². The van der Waals surface area contributed by atoms with Crippen LogP contribution in [0.25, 0.3) is 0 Å². The molecular formula is C24H24N2O2S. The number of hydrogen-bond acceptors (Lipinski definition) is 3. The predicted molar refractivity (Wildman–Crippen MR) is 116 cm³/mol. The van der Waals surface area contributed by atoms with Gasteiger partial charge in [0, 0.05) is 23.0 Å². The Morgan fingerprint density at radius 3 is 2.17 bits per heavy atom. The van der Waals surface area contributed by atoms with E-state index >= 15 is 0 Å². The lowest BCUT2D eigenvalue weighted by atomic mass is 10.2. The quantitative estimate of drug-likeness (QED) is 0.551. The van der Waals surface area contributed by atoms with Gasteiger partial charge in [0.25, 0.3) is 5.91 Å². The fourth-order valence-electron chi connectivity index (χ4n) is 3.37. The predicted octanol–water partition coefficient (Wildman–Crippen LogP) is 4.58. The lowest BCUT2D eigenvalue weighted by Crippen LogP contribution is -2.43. The fourth-order valence-corrected chi connectivity index (χ4v) is 4.09. The van der Waals surface area contributed by atoms with Crippen LogP contribution in [0.2, 0.25) is 0 Å². The van der Waals surface area contributed by atoms with Crippen LogP contribution in [0, 0.1) is 0 Å². The first-order valence-electron chi connectivity index (χ1n) is 9.91. The second-order valence-electron chi connectivity index (χ2n) is 7.35. The number of rotatable bonds is 8. The Kier molecular flexibility index (Phi) is 6.06. The third-order valence-electron chi connectivity index (χ3n) is 5.07. The van der Waals surface area contributed by atoms with E-state index in [0.29, 0.717) is 18.7 Å². The van der Waals surface area contributed by atoms with Crippen molar-refractivity contribution in [1.82, 2.24) is 9.80 Å². The maximum Gasteiger partial charge on any atom is 0.254 e. The van der Waals surface area contributed by atoms with E-state index in [1.165, 1.54) is 0 Å². The van der Waals surface area contributed by atoms with Crippen LogP contribution in [0.4, 0.5) is 0 Å². The minimum Gasteiger partial charge on any atom is -0.332 e. The van der Waals surface area contributed by atoms with Crippen LogP contribution in [-0.4, -0.2) is 34.2 Å². The van der Waals surface area contributed by atoms with Gasteiger partial charge in [-0.3, -0.25) is 9.59 Å². The lowest BCUT2D eigenvalue weighted by molar-refractivity contribution is -0.133. The van der Waals surface area contributed by atoms with E-state index in [2.05, 4.69) is 0 Å². The molecule has 0 saturated heterocycles. The van der Waals surface area contributed by atoms with Crippen LogP contribution in [0.5, 0.6) is 0 Å². The third kappa shape index (κ3) is 5.12. The van der Waals surface area contributed by atoms with Crippen molar-refractivity contribution < 1.29 is 9.59 Å². The van der Waals surface area contributed by atoms with Gasteiger partial charge in [-0.2, -0.15) is 0 Å². The van der Waals surface area contributed by atoms with Crippen molar-refractivity contribution in [2.75, 3.05) is 6.54 Å². The molecule has 0 radical (unpaired) electrons. The van der Waals surface area contributed by atoms with E-state index in [9.17, 15) is 9.59 Å². The first-order chi connectivity index (χ1) is 14.2. The Hall–Kier alpha value is -2.92. The van der Waals surface area contributed by atoms with Crippen molar-refractivity contribution >= 4 is 23.2 Å². The van der Waals surface area contributed by atoms with Crippen molar-refractivity contribution in [3.63, 3.8) is 0 Å². The number of amides is 2. The van der Waals surface area contributed by atoms with Crippen molar-refractivity contribution in [1.29, 1.82) is 0 Å². The topological polar surface area (TPSA) is 40.6 Å². The van der Waals surface area contributed by atoms with E-state index in [0.717, 1.165) is 23.3 Å². The van der Waals surface area contributed by atoms with Crippen LogP contribution >= 0.6 is 11.3 Å². The summed E-state index contributed by atoms with van der Waals surface area (Å²) in [6, 6.07) is 23.5. The lowest BCUT2D eigenvalue weighted by Gasteiger charge is -2.28. The highest BCUT2D eigenvalue weighted by Crippen LogP contribution is 2.28. The smallest absolute Gasteiger partial charge is 0.254 e. The van der Waals surface area contributed by atoms with Gasteiger partial charge in [0.15, 0.2) is 0 Å². The third-order valence-corrected chi connectivity index (χ3v) is 5.93. The first-order valence-corrected chi connectivity index (χ1v) is 10.8. The molecule has 0 unspecified atom stereocenters. The Balaban J connectivity index is 1.51. The molecule has 1 heterocycles. The second kappa shape index (κ2) is 9.05. The molecule has 1 fully saturated rings. The minimum absolute atomic E-state index is 0.0153. The molecule has 1 saturated carbocycles. The zero-order chi connectivity index (χ0) is 20.1. The standard InChI is InChI=1S/C24H24N2O2S/c27-23(18-26(21-13-14-21)24(28)20-10-5-2-6-11-20)25(17-22-12-7-15-29-22)16-19-8-3-1-4-9-19/h1-12,15,21H,13-14,16-18H2. The number of carbonyl (C=O) groups is 2. The Morgan fingerprint density at radius 2 is 1.55 bits per heavy atom. The Morgan fingerprint density at radius 1 is 0.862 bits per heavy atom. The molecular weight excluding hydrogens is 380 g/mol. The van der Waals surface area contributed by atoms with Crippen LogP contribution in [-0.2, 0) is 17.9 Å². The molecule has 3 aromatic rings. The molecule has 2 amide bonds. The van der Waals surface area contributed by atoms with Gasteiger partial charge in [-0.1, -0.05) is 54.6 Å². The van der Waals surface area contributed by atoms with Gasteiger partial charge in [0.1, 0.15) is 6.54 Å². The van der Waals surface area contributed by atoms with E-state index < -0.39 is 0 Å². The summed E-state index contributed by atoms with van der Waals surface area (Å²) in [6.45, 7) is 1.22. The molecule has 29 heavy (non-hydrogen) atoms. The average molecular weight is 405 g/mol. The van der Waals surface area contributed by atoms with Crippen molar-refractivity contribution in [2.24, 2.45) is 0 Å². The molecule has 4 nitrogen and oxygen atoms in total. The monoisotopic (exact) mass is 404 g/mol. The largest absolute Gasteiger partial charge is 0.332 e. The van der Waals surface area contributed by atoms with E-state index in [1.54, 1.807) is 16.2 Å². The molecule has 1 aliphatic rings. The van der Waals surface area contributed by atoms with Crippen LogP contribution in [0.15, 0.2) is 78.2 Å². The summed E-state index contributed by atoms with van der Waals surface area (Å²) < 4.78 is 0. The molecule has 148 valence electrons. The zero-order valence-corrected chi connectivity index (χ0v) is 17.1. The fraction of sp³-hybridized carbons (Fsp3) is 0.250. The highest BCUT2D eigenvalue weighted by molar-refractivity contribution is 7.09. The Bertz CT molecular complexity index is 938. The van der Waals surface area contributed by atoms with Crippen LogP contribution < -0.4 is 0 Å².